The number of benzene rings is 1. The Morgan fingerprint density at radius 3 is 3.06 bits per heavy atom. The summed E-state index contributed by atoms with van der Waals surface area (Å²) in [5.74, 6) is 0. The van der Waals surface area contributed by atoms with E-state index in [4.69, 9.17) is 5.26 Å². The van der Waals surface area contributed by atoms with Crippen molar-refractivity contribution in [3.63, 3.8) is 0 Å². The highest BCUT2D eigenvalue weighted by molar-refractivity contribution is 9.10. The lowest BCUT2D eigenvalue weighted by Crippen LogP contribution is -2.36. The zero-order valence-electron chi connectivity index (χ0n) is 9.91. The molecule has 3 nitrogen and oxygen atoms in total. The van der Waals surface area contributed by atoms with E-state index in [0.29, 0.717) is 11.6 Å². The molecule has 0 aliphatic carbocycles. The summed E-state index contributed by atoms with van der Waals surface area (Å²) >= 11 is 3.45. The van der Waals surface area contributed by atoms with E-state index in [0.717, 1.165) is 17.6 Å². The molecule has 0 spiro atoms. The molecule has 0 bridgehead atoms. The van der Waals surface area contributed by atoms with Crippen molar-refractivity contribution in [3.05, 3.63) is 28.2 Å². The number of rotatable bonds is 3. The molecule has 1 unspecified atom stereocenters. The molecule has 4 heteroatoms. The first-order chi connectivity index (χ1) is 8.26. The normalized spacial score (nSPS) is 19.4. The van der Waals surface area contributed by atoms with Crippen LogP contribution >= 0.6 is 15.9 Å². The zero-order valence-corrected chi connectivity index (χ0v) is 11.5. The maximum absolute atomic E-state index is 8.91. The summed E-state index contributed by atoms with van der Waals surface area (Å²) in [6.45, 7) is 2.11. The zero-order chi connectivity index (χ0) is 12.3. The van der Waals surface area contributed by atoms with Crippen LogP contribution in [0.5, 0.6) is 0 Å². The molecule has 1 aliphatic heterocycles. The molecule has 1 heterocycles. The second-order valence-electron chi connectivity index (χ2n) is 4.32. The highest BCUT2D eigenvalue weighted by atomic mass is 79.9. The predicted molar refractivity (Wildman–Crippen MR) is 73.2 cm³/mol. The van der Waals surface area contributed by atoms with Gasteiger partial charge in [-0.05, 0) is 54.0 Å². The minimum absolute atomic E-state index is 0.569. The van der Waals surface area contributed by atoms with Crippen molar-refractivity contribution in [2.45, 2.75) is 18.9 Å². The number of nitrogens with zero attached hydrogens (tertiary/aromatic N) is 2. The number of nitrogens with one attached hydrogen (secondary N) is 1. The third kappa shape index (κ3) is 2.62. The molecule has 1 N–H and O–H groups in total. The van der Waals surface area contributed by atoms with Crippen LogP contribution < -0.4 is 10.2 Å². The van der Waals surface area contributed by atoms with Gasteiger partial charge in [-0.2, -0.15) is 5.26 Å². The molecule has 0 radical (unpaired) electrons. The Bertz CT molecular complexity index is 439. The molecular weight excluding hydrogens is 278 g/mol. The maximum Gasteiger partial charge on any atom is 0.100 e. The Morgan fingerprint density at radius 2 is 2.41 bits per heavy atom. The predicted octanol–water partition coefficient (Wildman–Crippen LogP) is 2.51. The van der Waals surface area contributed by atoms with E-state index in [9.17, 15) is 0 Å². The van der Waals surface area contributed by atoms with Crippen LogP contribution in [0, 0.1) is 11.3 Å². The van der Waals surface area contributed by atoms with Crippen molar-refractivity contribution in [3.8, 4) is 6.07 Å². The topological polar surface area (TPSA) is 39.1 Å². The van der Waals surface area contributed by atoms with Crippen molar-refractivity contribution >= 4 is 21.6 Å². The Hall–Kier alpha value is -1.05. The second-order valence-corrected chi connectivity index (χ2v) is 5.18. The third-order valence-corrected chi connectivity index (χ3v) is 3.88. The largest absolute Gasteiger partial charge is 0.367 e. The number of hydrogen-bond donors (Lipinski definition) is 1. The number of nitriles is 1. The first-order valence-corrected chi connectivity index (χ1v) is 6.66. The van der Waals surface area contributed by atoms with E-state index in [1.54, 1.807) is 0 Å². The van der Waals surface area contributed by atoms with Gasteiger partial charge in [0, 0.05) is 29.3 Å². The van der Waals surface area contributed by atoms with Gasteiger partial charge in [-0.25, -0.2) is 0 Å². The van der Waals surface area contributed by atoms with E-state index in [-0.39, 0.29) is 0 Å². The van der Waals surface area contributed by atoms with Crippen LogP contribution in [0.3, 0.4) is 0 Å². The molecule has 0 saturated carbocycles. The molecule has 1 aromatic rings. The van der Waals surface area contributed by atoms with Gasteiger partial charge in [0.1, 0.15) is 6.07 Å². The molecule has 1 aliphatic rings. The maximum atomic E-state index is 8.91. The number of likely N-dealkylation sites (N-methyl/N-ethyl adjacent to an activating group) is 1. The van der Waals surface area contributed by atoms with Crippen molar-refractivity contribution in [1.29, 1.82) is 5.26 Å². The number of halogens is 1. The van der Waals surface area contributed by atoms with Crippen LogP contribution in [0.25, 0.3) is 0 Å². The molecule has 1 saturated heterocycles. The van der Waals surface area contributed by atoms with Crippen LogP contribution in [0.15, 0.2) is 22.7 Å². The summed E-state index contributed by atoms with van der Waals surface area (Å²) in [7, 11) is 1.99. The van der Waals surface area contributed by atoms with Gasteiger partial charge in [0.05, 0.1) is 5.56 Å². The van der Waals surface area contributed by atoms with Crippen molar-refractivity contribution < 1.29 is 0 Å². The van der Waals surface area contributed by atoms with Crippen LogP contribution in [0.2, 0.25) is 0 Å². The van der Waals surface area contributed by atoms with Gasteiger partial charge in [-0.3, -0.25) is 0 Å². The average Bonchev–Trinajstić information content (AvgIpc) is 2.78. The van der Waals surface area contributed by atoms with Crippen LogP contribution in [0.4, 0.5) is 5.69 Å². The minimum atomic E-state index is 0.569. The SMILES string of the molecule is CNCC1CCCN1c1ccc(C#N)c(Br)c1. The molecule has 1 aromatic carbocycles. The quantitative estimate of drug-likeness (QED) is 0.931. The van der Waals surface area contributed by atoms with Gasteiger partial charge >= 0.3 is 0 Å². The second kappa shape index (κ2) is 5.52. The van der Waals surface area contributed by atoms with Gasteiger partial charge in [-0.15, -0.1) is 0 Å². The Morgan fingerprint density at radius 1 is 1.59 bits per heavy atom. The first-order valence-electron chi connectivity index (χ1n) is 5.87. The fraction of sp³-hybridized carbons (Fsp3) is 0.462. The summed E-state index contributed by atoms with van der Waals surface area (Å²) in [5.41, 5.74) is 1.90. The van der Waals surface area contributed by atoms with Crippen LogP contribution in [-0.2, 0) is 0 Å². The van der Waals surface area contributed by atoms with E-state index >= 15 is 0 Å². The molecule has 90 valence electrons. The minimum Gasteiger partial charge on any atom is -0.367 e. The van der Waals surface area contributed by atoms with E-state index in [2.05, 4.69) is 32.2 Å². The smallest absolute Gasteiger partial charge is 0.100 e. The lowest BCUT2D eigenvalue weighted by Gasteiger charge is -2.27. The summed E-state index contributed by atoms with van der Waals surface area (Å²) in [4.78, 5) is 2.42. The molecule has 17 heavy (non-hydrogen) atoms. The Kier molecular flexibility index (Phi) is 4.03. The van der Waals surface area contributed by atoms with Crippen molar-refractivity contribution in [1.82, 2.24) is 5.32 Å². The standard InChI is InChI=1S/C13H16BrN3/c1-16-9-12-3-2-6-17(12)11-5-4-10(8-15)13(14)7-11/h4-5,7,12,16H,2-3,6,9H2,1H3. The van der Waals surface area contributed by atoms with Gasteiger partial charge in [-0.1, -0.05) is 0 Å². The molecular formula is C13H16BrN3. The van der Waals surface area contributed by atoms with E-state index in [1.165, 1.54) is 18.5 Å². The molecule has 0 amide bonds. The van der Waals surface area contributed by atoms with Crippen molar-refractivity contribution in [2.24, 2.45) is 0 Å². The first kappa shape index (κ1) is 12.4. The van der Waals surface area contributed by atoms with E-state index in [1.807, 2.05) is 25.2 Å². The lowest BCUT2D eigenvalue weighted by atomic mass is 10.2. The van der Waals surface area contributed by atoms with Crippen LogP contribution in [0.1, 0.15) is 18.4 Å². The average molecular weight is 294 g/mol. The molecule has 1 fully saturated rings. The molecule has 0 aromatic heterocycles. The summed E-state index contributed by atoms with van der Waals surface area (Å²) < 4.78 is 0.882. The highest BCUT2D eigenvalue weighted by Gasteiger charge is 2.24. The Labute approximate surface area is 111 Å². The van der Waals surface area contributed by atoms with Gasteiger partial charge in [0.15, 0.2) is 0 Å². The molecule has 2 rings (SSSR count). The monoisotopic (exact) mass is 293 g/mol. The summed E-state index contributed by atoms with van der Waals surface area (Å²) in [6, 6.07) is 8.71. The highest BCUT2D eigenvalue weighted by Crippen LogP contribution is 2.29. The van der Waals surface area contributed by atoms with Gasteiger partial charge < -0.3 is 10.2 Å². The summed E-state index contributed by atoms with van der Waals surface area (Å²) in [6.07, 6.45) is 2.47. The number of hydrogen-bond acceptors (Lipinski definition) is 3. The fourth-order valence-electron chi connectivity index (χ4n) is 2.40. The lowest BCUT2D eigenvalue weighted by molar-refractivity contribution is 0.615. The fourth-order valence-corrected chi connectivity index (χ4v) is 2.85. The third-order valence-electron chi connectivity index (χ3n) is 3.22. The van der Waals surface area contributed by atoms with Crippen molar-refractivity contribution in [2.75, 3.05) is 25.0 Å². The molecule has 1 atom stereocenters. The number of anilines is 1. The van der Waals surface area contributed by atoms with Crippen LogP contribution in [-0.4, -0.2) is 26.2 Å². The van der Waals surface area contributed by atoms with E-state index < -0.39 is 0 Å². The summed E-state index contributed by atoms with van der Waals surface area (Å²) in [5, 5.41) is 12.1. The van der Waals surface area contributed by atoms with Gasteiger partial charge in [0.2, 0.25) is 0 Å². The van der Waals surface area contributed by atoms with Gasteiger partial charge in [0.25, 0.3) is 0 Å². The Balaban J connectivity index is 2.22.